The van der Waals surface area contributed by atoms with Crippen molar-refractivity contribution < 1.29 is 8.42 Å². The minimum absolute atomic E-state index is 0.0662. The van der Waals surface area contributed by atoms with Crippen LogP contribution in [0, 0.1) is 23.2 Å². The summed E-state index contributed by atoms with van der Waals surface area (Å²) < 4.78 is 26.7. The second-order valence-electron chi connectivity index (χ2n) is 9.14. The van der Waals surface area contributed by atoms with E-state index in [9.17, 15) is 18.5 Å². The van der Waals surface area contributed by atoms with Gasteiger partial charge in [-0.25, -0.2) is 17.7 Å². The fraction of sp³-hybridized carbons (Fsp3) is 0.619. The summed E-state index contributed by atoms with van der Waals surface area (Å²) in [5.41, 5.74) is 0.444. The summed E-state index contributed by atoms with van der Waals surface area (Å²) in [5.74, 6) is 1.56. The molecule has 164 valence electrons. The van der Waals surface area contributed by atoms with Gasteiger partial charge in [0.25, 0.3) is 5.56 Å². The summed E-state index contributed by atoms with van der Waals surface area (Å²) in [6.45, 7) is 0.928. The second-order valence-corrected chi connectivity index (χ2v) is 11.1. The van der Waals surface area contributed by atoms with Crippen LogP contribution in [0.4, 0.5) is 5.95 Å². The highest BCUT2D eigenvalue weighted by Gasteiger charge is 2.41. The number of nitrogens with one attached hydrogen (secondary N) is 1. The molecular formula is C21H26N6O3S. The zero-order valence-electron chi connectivity index (χ0n) is 17.5. The molecule has 9 nitrogen and oxygen atoms in total. The average molecular weight is 443 g/mol. The van der Waals surface area contributed by atoms with Gasteiger partial charge in [0.2, 0.25) is 16.0 Å². The molecule has 3 aliphatic rings. The Labute approximate surface area is 181 Å². The lowest BCUT2D eigenvalue weighted by Crippen LogP contribution is -2.42. The number of piperidine rings is 1. The molecule has 2 aromatic heterocycles. The van der Waals surface area contributed by atoms with Crippen molar-refractivity contribution in [2.45, 2.75) is 50.6 Å². The van der Waals surface area contributed by atoms with Gasteiger partial charge in [-0.1, -0.05) is 6.42 Å². The van der Waals surface area contributed by atoms with Crippen LogP contribution in [0.3, 0.4) is 0 Å². The number of aromatic nitrogens is 3. The number of fused-ring (bicyclic) bond motifs is 3. The first-order valence-corrected chi connectivity index (χ1v) is 12.7. The van der Waals surface area contributed by atoms with Crippen molar-refractivity contribution in [3.8, 4) is 6.07 Å². The summed E-state index contributed by atoms with van der Waals surface area (Å²) in [5, 5.41) is 13.5. The van der Waals surface area contributed by atoms with E-state index < -0.39 is 10.0 Å². The van der Waals surface area contributed by atoms with Gasteiger partial charge in [-0.2, -0.15) is 10.2 Å². The molecule has 2 bridgehead atoms. The van der Waals surface area contributed by atoms with Crippen LogP contribution in [0.5, 0.6) is 0 Å². The molecule has 3 heterocycles. The van der Waals surface area contributed by atoms with E-state index in [1.165, 1.54) is 17.0 Å². The zero-order chi connectivity index (χ0) is 21.8. The number of nitriles is 1. The van der Waals surface area contributed by atoms with E-state index in [4.69, 9.17) is 4.98 Å². The van der Waals surface area contributed by atoms with E-state index >= 15 is 0 Å². The summed E-state index contributed by atoms with van der Waals surface area (Å²) in [6, 6.07) is 3.76. The van der Waals surface area contributed by atoms with E-state index in [2.05, 4.69) is 10.3 Å². The predicted octanol–water partition coefficient (Wildman–Crippen LogP) is 1.86. The molecule has 1 aliphatic heterocycles. The van der Waals surface area contributed by atoms with Crippen molar-refractivity contribution in [2.75, 3.05) is 24.7 Å². The molecule has 5 rings (SSSR count). The Morgan fingerprint density at radius 1 is 1.19 bits per heavy atom. The summed E-state index contributed by atoms with van der Waals surface area (Å²) in [6.07, 6.45) is 8.69. The maximum atomic E-state index is 13.1. The predicted molar refractivity (Wildman–Crippen MR) is 116 cm³/mol. The number of rotatable bonds is 4. The Hall–Kier alpha value is -2.51. The quantitative estimate of drug-likeness (QED) is 0.767. The second kappa shape index (κ2) is 7.57. The number of sulfonamides is 1. The van der Waals surface area contributed by atoms with Gasteiger partial charge in [0.05, 0.1) is 6.26 Å². The standard InChI is InChI=1S/C21H26N6O3S/c1-31(29,30)26-6-4-17(5-7-26)24-21-23-12-16-10-15(11-22)20(28)27(19(16)25-21)18-9-13-2-3-14(18)8-13/h10,12-14,17-18H,2-9H2,1H3,(H,23,24,25)/t13?,14?,18-/m0/s1. The van der Waals surface area contributed by atoms with Crippen LogP contribution >= 0.6 is 0 Å². The third-order valence-corrected chi connectivity index (χ3v) is 8.49. The lowest BCUT2D eigenvalue weighted by molar-refractivity contribution is 0.328. The molecule has 31 heavy (non-hydrogen) atoms. The third kappa shape index (κ3) is 3.70. The molecule has 0 spiro atoms. The highest BCUT2D eigenvalue weighted by Crippen LogP contribution is 2.50. The molecule has 2 aliphatic carbocycles. The largest absolute Gasteiger partial charge is 0.351 e. The fourth-order valence-electron chi connectivity index (χ4n) is 5.62. The smallest absolute Gasteiger partial charge is 0.270 e. The highest BCUT2D eigenvalue weighted by molar-refractivity contribution is 7.88. The van der Waals surface area contributed by atoms with Crippen molar-refractivity contribution in [3.63, 3.8) is 0 Å². The first kappa shape index (κ1) is 20.4. The Kier molecular flexibility index (Phi) is 4.98. The molecule has 1 N–H and O–H groups in total. The van der Waals surface area contributed by atoms with Crippen molar-refractivity contribution in [1.29, 1.82) is 5.26 Å². The maximum absolute atomic E-state index is 13.1. The Bertz CT molecular complexity index is 1230. The molecule has 10 heteroatoms. The monoisotopic (exact) mass is 442 g/mol. The number of pyridine rings is 1. The molecule has 2 saturated carbocycles. The van der Waals surface area contributed by atoms with E-state index in [1.54, 1.807) is 16.8 Å². The van der Waals surface area contributed by atoms with Gasteiger partial charge in [0.15, 0.2) is 0 Å². The molecule has 0 radical (unpaired) electrons. The molecule has 2 unspecified atom stereocenters. The van der Waals surface area contributed by atoms with E-state index in [0.717, 1.165) is 19.3 Å². The van der Waals surface area contributed by atoms with Crippen LogP contribution in [0.25, 0.3) is 11.0 Å². The molecule has 1 saturated heterocycles. The van der Waals surface area contributed by atoms with Gasteiger partial charge in [0, 0.05) is 36.8 Å². The van der Waals surface area contributed by atoms with Crippen molar-refractivity contribution in [2.24, 2.45) is 11.8 Å². The number of hydrogen-bond acceptors (Lipinski definition) is 7. The van der Waals surface area contributed by atoms with Gasteiger partial charge in [-0.05, 0) is 50.0 Å². The van der Waals surface area contributed by atoms with Crippen molar-refractivity contribution in [1.82, 2.24) is 18.8 Å². The number of anilines is 1. The molecular weight excluding hydrogens is 416 g/mol. The Balaban J connectivity index is 1.46. The summed E-state index contributed by atoms with van der Waals surface area (Å²) in [7, 11) is -3.17. The van der Waals surface area contributed by atoms with Crippen LogP contribution in [-0.4, -0.2) is 52.6 Å². The summed E-state index contributed by atoms with van der Waals surface area (Å²) >= 11 is 0. The highest BCUT2D eigenvalue weighted by atomic mass is 32.2. The van der Waals surface area contributed by atoms with Crippen LogP contribution in [-0.2, 0) is 10.0 Å². The van der Waals surface area contributed by atoms with Crippen molar-refractivity contribution in [3.05, 3.63) is 28.2 Å². The topological polar surface area (TPSA) is 121 Å². The number of hydrogen-bond donors (Lipinski definition) is 1. The lowest BCUT2D eigenvalue weighted by atomic mass is 9.94. The van der Waals surface area contributed by atoms with Gasteiger partial charge >= 0.3 is 0 Å². The molecule has 3 atom stereocenters. The lowest BCUT2D eigenvalue weighted by Gasteiger charge is -2.30. The summed E-state index contributed by atoms with van der Waals surface area (Å²) in [4.78, 5) is 22.2. The Morgan fingerprint density at radius 3 is 2.58 bits per heavy atom. The molecule has 0 aromatic carbocycles. The zero-order valence-corrected chi connectivity index (χ0v) is 18.3. The van der Waals surface area contributed by atoms with Crippen LogP contribution < -0.4 is 10.9 Å². The SMILES string of the molecule is CS(=O)(=O)N1CCC(Nc2ncc3cc(C#N)c(=O)n([C@H]4CC5CCC4C5)c3n2)CC1. The normalized spacial score (nSPS) is 26.9. The van der Waals surface area contributed by atoms with E-state index in [1.807, 2.05) is 6.07 Å². The van der Waals surface area contributed by atoms with Gasteiger partial charge in [0.1, 0.15) is 17.3 Å². The third-order valence-electron chi connectivity index (χ3n) is 7.18. The van der Waals surface area contributed by atoms with Crippen molar-refractivity contribution >= 4 is 27.0 Å². The average Bonchev–Trinajstić information content (AvgIpc) is 3.37. The first-order valence-electron chi connectivity index (χ1n) is 10.9. The molecule has 2 aromatic rings. The van der Waals surface area contributed by atoms with Gasteiger partial charge in [-0.3, -0.25) is 9.36 Å². The number of nitrogens with zero attached hydrogens (tertiary/aromatic N) is 5. The van der Waals surface area contributed by atoms with Crippen LogP contribution in [0.1, 0.15) is 50.1 Å². The van der Waals surface area contributed by atoms with Gasteiger partial charge in [-0.15, -0.1) is 0 Å². The molecule has 3 fully saturated rings. The van der Waals surface area contributed by atoms with Crippen LogP contribution in [0.2, 0.25) is 0 Å². The van der Waals surface area contributed by atoms with Crippen LogP contribution in [0.15, 0.2) is 17.1 Å². The van der Waals surface area contributed by atoms with E-state index in [-0.39, 0.29) is 23.2 Å². The minimum Gasteiger partial charge on any atom is -0.351 e. The minimum atomic E-state index is -3.17. The maximum Gasteiger partial charge on any atom is 0.270 e. The molecule has 0 amide bonds. The van der Waals surface area contributed by atoms with Gasteiger partial charge < -0.3 is 5.32 Å². The van der Waals surface area contributed by atoms with E-state index in [0.29, 0.717) is 54.7 Å². The Morgan fingerprint density at radius 2 is 1.97 bits per heavy atom. The first-order chi connectivity index (χ1) is 14.8. The fourth-order valence-corrected chi connectivity index (χ4v) is 6.49.